The molecule has 0 aliphatic carbocycles. The summed E-state index contributed by atoms with van der Waals surface area (Å²) in [5.74, 6) is 0. The van der Waals surface area contributed by atoms with Crippen LogP contribution in [0.2, 0.25) is 0 Å². The lowest BCUT2D eigenvalue weighted by atomic mass is 10.2. The Kier molecular flexibility index (Phi) is 6.36. The number of amidine groups is 1. The fraction of sp³-hybridized carbons (Fsp3) is 0.278. The normalized spacial score (nSPS) is 19.7. The van der Waals surface area contributed by atoms with Gasteiger partial charge < -0.3 is 0 Å². The second kappa shape index (κ2) is 8.55. The smallest absolute Gasteiger partial charge is 0.250 e. The van der Waals surface area contributed by atoms with E-state index in [0.29, 0.717) is 13.1 Å². The zero-order valence-corrected chi connectivity index (χ0v) is 17.6. The number of nitrogens with zero attached hydrogens (tertiary/aromatic N) is 3. The number of aryl methyl sites for hydroxylation is 1. The summed E-state index contributed by atoms with van der Waals surface area (Å²) in [5.41, 5.74) is 1.91. The average molecular weight is 424 g/mol. The molecule has 0 amide bonds. The van der Waals surface area contributed by atoms with Crippen molar-refractivity contribution >= 4 is 38.3 Å². The second-order valence-corrected chi connectivity index (χ2v) is 10.2. The van der Waals surface area contributed by atoms with E-state index < -0.39 is 21.2 Å². The first-order valence-electron chi connectivity index (χ1n) is 8.51. The van der Waals surface area contributed by atoms with Crippen molar-refractivity contribution in [1.29, 1.82) is 0 Å². The van der Waals surface area contributed by atoms with Gasteiger partial charge in [0.15, 0.2) is 0 Å². The summed E-state index contributed by atoms with van der Waals surface area (Å²) in [6.45, 7) is 4.77. The highest BCUT2D eigenvalue weighted by Crippen LogP contribution is 2.32. The van der Waals surface area contributed by atoms with Crippen LogP contribution in [0, 0.1) is 6.92 Å². The summed E-state index contributed by atoms with van der Waals surface area (Å²) < 4.78 is 45.5. The molecule has 1 atom stereocenters. The van der Waals surface area contributed by atoms with Crippen LogP contribution in [-0.2, 0) is 27.7 Å². The first-order valence-corrected chi connectivity index (χ1v) is 11.8. The Morgan fingerprint density at radius 1 is 1.07 bits per heavy atom. The van der Waals surface area contributed by atoms with Gasteiger partial charge in [-0.25, -0.2) is 4.21 Å². The van der Waals surface area contributed by atoms with E-state index in [4.69, 9.17) is 0 Å². The van der Waals surface area contributed by atoms with Crippen molar-refractivity contribution in [3.8, 4) is 0 Å². The molecule has 0 spiro atoms. The zero-order valence-electron chi connectivity index (χ0n) is 15.1. The fourth-order valence-corrected chi connectivity index (χ4v) is 6.41. The van der Waals surface area contributed by atoms with Crippen molar-refractivity contribution in [3.63, 3.8) is 0 Å². The van der Waals surface area contributed by atoms with Crippen molar-refractivity contribution < 1.29 is 12.6 Å². The molecule has 1 saturated heterocycles. The van der Waals surface area contributed by atoms with Crippen molar-refractivity contribution in [2.75, 3.05) is 6.54 Å². The van der Waals surface area contributed by atoms with Crippen LogP contribution in [0.5, 0.6) is 0 Å². The van der Waals surface area contributed by atoms with Crippen LogP contribution in [-0.4, -0.2) is 32.4 Å². The summed E-state index contributed by atoms with van der Waals surface area (Å²) in [5, 5.41) is 0.228. The highest BCUT2D eigenvalue weighted by atomic mass is 32.3. The lowest BCUT2D eigenvalue weighted by molar-refractivity contribution is 0.561. The minimum absolute atomic E-state index is 0.126. The van der Waals surface area contributed by atoms with E-state index in [1.165, 1.54) is 16.4 Å². The molecule has 3 rings (SSSR count). The maximum atomic E-state index is 12.8. The molecule has 27 heavy (non-hydrogen) atoms. The highest BCUT2D eigenvalue weighted by molar-refractivity contribution is 8.21. The van der Waals surface area contributed by atoms with E-state index in [1.807, 2.05) is 44.2 Å². The van der Waals surface area contributed by atoms with Crippen LogP contribution in [0.15, 0.2) is 63.9 Å². The van der Waals surface area contributed by atoms with Crippen molar-refractivity contribution in [3.05, 3.63) is 65.7 Å². The van der Waals surface area contributed by atoms with Crippen LogP contribution < -0.4 is 0 Å². The first-order chi connectivity index (χ1) is 12.9. The maximum absolute atomic E-state index is 12.8. The van der Waals surface area contributed by atoms with Gasteiger partial charge in [-0.05, 0) is 31.0 Å². The molecular weight excluding hydrogens is 402 g/mol. The van der Waals surface area contributed by atoms with Crippen LogP contribution in [0.4, 0.5) is 0 Å². The molecule has 1 heterocycles. The number of sulfonamides is 1. The van der Waals surface area contributed by atoms with Crippen LogP contribution >= 0.6 is 11.9 Å². The summed E-state index contributed by atoms with van der Waals surface area (Å²) in [6, 6.07) is 16.1. The van der Waals surface area contributed by atoms with Gasteiger partial charge in [-0.1, -0.05) is 55.0 Å². The minimum Gasteiger partial charge on any atom is -0.250 e. The van der Waals surface area contributed by atoms with Crippen LogP contribution in [0.3, 0.4) is 0 Å². The Balaban J connectivity index is 1.95. The molecule has 9 heteroatoms. The fourth-order valence-electron chi connectivity index (χ4n) is 2.45. The number of hydrogen-bond donors (Lipinski definition) is 0. The maximum Gasteiger partial charge on any atom is 0.284 e. The van der Waals surface area contributed by atoms with Gasteiger partial charge >= 0.3 is 0 Å². The molecule has 1 aliphatic rings. The molecule has 1 aliphatic heterocycles. The predicted molar refractivity (Wildman–Crippen MR) is 111 cm³/mol. The van der Waals surface area contributed by atoms with Gasteiger partial charge in [-0.3, -0.25) is 4.31 Å². The molecule has 2 aromatic carbocycles. The number of benzene rings is 2. The molecular formula is C18H21N3O3S3. The van der Waals surface area contributed by atoms with E-state index in [1.54, 1.807) is 15.8 Å². The van der Waals surface area contributed by atoms with Crippen molar-refractivity contribution in [2.24, 2.45) is 4.40 Å². The molecule has 0 N–H and O–H groups in total. The Morgan fingerprint density at radius 3 is 2.37 bits per heavy atom. The standard InChI is InChI=1S/C18H21N3O3S3/c1-3-13-21-25-18(19-27(23,24)17-11-9-15(2)10-12-17)20(26(21)22)14-16-7-5-4-6-8-16/h4-12H,3,13-14H2,1-2H3/t26-/m0/s1. The van der Waals surface area contributed by atoms with E-state index in [2.05, 4.69) is 4.40 Å². The van der Waals surface area contributed by atoms with E-state index in [9.17, 15) is 12.6 Å². The minimum atomic E-state index is -3.88. The molecule has 1 fully saturated rings. The third-order valence-electron chi connectivity index (χ3n) is 3.85. The Hall–Kier alpha value is -1.68. The van der Waals surface area contributed by atoms with Crippen LogP contribution in [0.25, 0.3) is 0 Å². The summed E-state index contributed by atoms with van der Waals surface area (Å²) in [7, 11) is -3.88. The predicted octanol–water partition coefficient (Wildman–Crippen LogP) is 3.49. The summed E-state index contributed by atoms with van der Waals surface area (Å²) >= 11 is -0.364. The summed E-state index contributed by atoms with van der Waals surface area (Å²) in [4.78, 5) is 0.126. The van der Waals surface area contributed by atoms with E-state index in [-0.39, 0.29) is 10.1 Å². The quantitative estimate of drug-likeness (QED) is 0.667. The van der Waals surface area contributed by atoms with Crippen molar-refractivity contribution in [2.45, 2.75) is 31.7 Å². The lowest BCUT2D eigenvalue weighted by Crippen LogP contribution is -2.28. The molecule has 6 nitrogen and oxygen atoms in total. The molecule has 0 radical (unpaired) electrons. The monoisotopic (exact) mass is 423 g/mol. The van der Waals surface area contributed by atoms with Gasteiger partial charge in [0.25, 0.3) is 10.0 Å². The average Bonchev–Trinajstić information content (AvgIpc) is 2.92. The number of rotatable bonds is 6. The Bertz CT molecular complexity index is 945. The summed E-state index contributed by atoms with van der Waals surface area (Å²) in [6.07, 6.45) is 0.801. The van der Waals surface area contributed by atoms with Gasteiger partial charge in [0.1, 0.15) is 0 Å². The SMILES string of the molecule is CCCN1SC(=NS(=O)(=O)c2ccc(C)cc2)N(Cc2ccccc2)[S@@]1=O. The Morgan fingerprint density at radius 2 is 1.74 bits per heavy atom. The highest BCUT2D eigenvalue weighted by Gasteiger charge is 2.36. The van der Waals surface area contributed by atoms with Crippen LogP contribution in [0.1, 0.15) is 24.5 Å². The van der Waals surface area contributed by atoms with Gasteiger partial charge in [0.05, 0.1) is 11.4 Å². The van der Waals surface area contributed by atoms with Gasteiger partial charge in [0, 0.05) is 18.5 Å². The molecule has 0 aromatic heterocycles. The van der Waals surface area contributed by atoms with Gasteiger partial charge in [-0.15, -0.1) is 8.11 Å². The second-order valence-electron chi connectivity index (χ2n) is 6.06. The molecule has 0 saturated carbocycles. The number of hydrogen-bond acceptors (Lipinski definition) is 4. The third kappa shape index (κ3) is 4.78. The van der Waals surface area contributed by atoms with Gasteiger partial charge in [0.2, 0.25) is 16.3 Å². The van der Waals surface area contributed by atoms with Gasteiger partial charge in [-0.2, -0.15) is 8.42 Å². The molecule has 0 unspecified atom stereocenters. The third-order valence-corrected chi connectivity index (χ3v) is 8.04. The topological polar surface area (TPSA) is 70.1 Å². The largest absolute Gasteiger partial charge is 0.284 e. The Labute approximate surface area is 167 Å². The van der Waals surface area contributed by atoms with E-state index in [0.717, 1.165) is 29.5 Å². The molecule has 144 valence electrons. The van der Waals surface area contributed by atoms with Crippen molar-refractivity contribution in [1.82, 2.24) is 8.02 Å². The van der Waals surface area contributed by atoms with E-state index >= 15 is 0 Å². The molecule has 0 bridgehead atoms. The lowest BCUT2D eigenvalue weighted by Gasteiger charge is -2.16. The zero-order chi connectivity index (χ0) is 19.4. The first kappa shape index (κ1) is 20.1. The molecule has 2 aromatic rings.